The van der Waals surface area contributed by atoms with E-state index in [0.29, 0.717) is 0 Å². The maximum Gasteiger partial charge on any atom is 0.339 e. The van der Waals surface area contributed by atoms with Crippen LogP contribution in [0, 0.1) is 0 Å². The van der Waals surface area contributed by atoms with Gasteiger partial charge in [-0.1, -0.05) is 26.0 Å². The van der Waals surface area contributed by atoms with Crippen molar-refractivity contribution in [3.8, 4) is 11.5 Å². The lowest BCUT2D eigenvalue weighted by Gasteiger charge is -2.15. The van der Waals surface area contributed by atoms with E-state index in [9.17, 15) is 29.4 Å². The molecular weight excluding hydrogens is 400 g/mol. The Labute approximate surface area is 170 Å². The molecule has 0 bridgehead atoms. The molecule has 6 N–H and O–H groups in total. The van der Waals surface area contributed by atoms with E-state index in [4.69, 9.17) is 20.4 Å². The van der Waals surface area contributed by atoms with Crippen molar-refractivity contribution in [3.63, 3.8) is 0 Å². The predicted molar refractivity (Wildman–Crippen MR) is 103 cm³/mol. The second-order valence-corrected chi connectivity index (χ2v) is 5.88. The number of hydrogen-bond acceptors (Lipinski definition) is 6. The number of aromatic carboxylic acids is 4. The molecule has 0 saturated carbocycles. The predicted octanol–water partition coefficient (Wildman–Crippen LogP) is 2.70. The molecular formula is C20H20O10. The Morgan fingerprint density at radius 2 is 0.933 bits per heavy atom. The van der Waals surface area contributed by atoms with E-state index in [0.717, 1.165) is 0 Å². The first-order valence-electron chi connectivity index (χ1n) is 8.61. The Kier molecular flexibility index (Phi) is 7.92. The average Bonchev–Trinajstić information content (AvgIpc) is 2.68. The molecule has 0 amide bonds. The quantitative estimate of drug-likeness (QED) is 0.379. The van der Waals surface area contributed by atoms with E-state index in [2.05, 4.69) is 0 Å². The van der Waals surface area contributed by atoms with Crippen LogP contribution in [0.4, 0.5) is 0 Å². The van der Waals surface area contributed by atoms with E-state index in [-0.39, 0.29) is 35.1 Å². The van der Waals surface area contributed by atoms with Crippen molar-refractivity contribution in [1.29, 1.82) is 0 Å². The molecule has 0 radical (unpaired) electrons. The Morgan fingerprint density at radius 3 is 1.13 bits per heavy atom. The SMILES string of the molecule is CCc1c(O)c(C(=O)O)c(CC)c(O)c1C(=O)O.O=C(O)c1ccccc1C(=O)O. The van der Waals surface area contributed by atoms with Crippen LogP contribution in [-0.4, -0.2) is 54.5 Å². The second-order valence-electron chi connectivity index (χ2n) is 5.88. The summed E-state index contributed by atoms with van der Waals surface area (Å²) in [6, 6.07) is 5.48. The van der Waals surface area contributed by atoms with Crippen LogP contribution < -0.4 is 0 Å². The summed E-state index contributed by atoms with van der Waals surface area (Å²) in [6.45, 7) is 3.14. The molecule has 10 nitrogen and oxygen atoms in total. The van der Waals surface area contributed by atoms with E-state index >= 15 is 0 Å². The van der Waals surface area contributed by atoms with Gasteiger partial charge in [0.2, 0.25) is 0 Å². The smallest absolute Gasteiger partial charge is 0.339 e. The maximum atomic E-state index is 11.1. The fraction of sp³-hybridized carbons (Fsp3) is 0.200. The van der Waals surface area contributed by atoms with Crippen molar-refractivity contribution < 1.29 is 49.8 Å². The number of rotatable bonds is 6. The van der Waals surface area contributed by atoms with E-state index < -0.39 is 46.5 Å². The summed E-state index contributed by atoms with van der Waals surface area (Å²) in [5.41, 5.74) is -1.40. The Hall–Kier alpha value is -4.08. The number of phenols is 2. The van der Waals surface area contributed by atoms with Crippen LogP contribution in [0.5, 0.6) is 11.5 Å². The van der Waals surface area contributed by atoms with Crippen molar-refractivity contribution in [2.24, 2.45) is 0 Å². The zero-order valence-electron chi connectivity index (χ0n) is 16.0. The summed E-state index contributed by atoms with van der Waals surface area (Å²) in [7, 11) is 0. The second kappa shape index (κ2) is 9.92. The fourth-order valence-corrected chi connectivity index (χ4v) is 2.83. The van der Waals surface area contributed by atoms with Crippen LogP contribution >= 0.6 is 0 Å². The number of carboxylic acid groups (broad SMARTS) is 4. The topological polar surface area (TPSA) is 190 Å². The average molecular weight is 420 g/mol. The van der Waals surface area contributed by atoms with E-state index in [1.165, 1.54) is 24.3 Å². The number of carboxylic acids is 4. The van der Waals surface area contributed by atoms with Crippen molar-refractivity contribution in [2.75, 3.05) is 0 Å². The normalized spacial score (nSPS) is 9.93. The molecule has 0 aliphatic heterocycles. The molecule has 0 fully saturated rings. The van der Waals surface area contributed by atoms with Crippen LogP contribution in [0.3, 0.4) is 0 Å². The molecule has 0 spiro atoms. The van der Waals surface area contributed by atoms with Gasteiger partial charge in [0.1, 0.15) is 22.6 Å². The molecule has 0 unspecified atom stereocenters. The van der Waals surface area contributed by atoms with Crippen molar-refractivity contribution >= 4 is 23.9 Å². The van der Waals surface area contributed by atoms with Crippen LogP contribution in [0.15, 0.2) is 24.3 Å². The zero-order valence-corrected chi connectivity index (χ0v) is 16.0. The zero-order chi connectivity index (χ0) is 23.2. The molecule has 0 aliphatic rings. The number of aromatic hydroxyl groups is 2. The summed E-state index contributed by atoms with van der Waals surface area (Å²) in [5, 5.41) is 54.9. The van der Waals surface area contributed by atoms with Crippen LogP contribution in [0.1, 0.15) is 66.4 Å². The summed E-state index contributed by atoms with van der Waals surface area (Å²) >= 11 is 0. The van der Waals surface area contributed by atoms with Gasteiger partial charge in [0.05, 0.1) is 11.1 Å². The maximum absolute atomic E-state index is 11.1. The van der Waals surface area contributed by atoms with Crippen molar-refractivity contribution in [2.45, 2.75) is 26.7 Å². The first kappa shape index (κ1) is 24.0. The molecule has 0 aromatic heterocycles. The van der Waals surface area contributed by atoms with Gasteiger partial charge in [-0.3, -0.25) is 0 Å². The first-order chi connectivity index (χ1) is 14.0. The molecule has 160 valence electrons. The third kappa shape index (κ3) is 4.85. The molecule has 0 aliphatic carbocycles. The van der Waals surface area contributed by atoms with Crippen molar-refractivity contribution in [3.05, 3.63) is 57.6 Å². The lowest BCUT2D eigenvalue weighted by molar-refractivity contribution is 0.0651. The number of benzene rings is 2. The summed E-state index contributed by atoms with van der Waals surface area (Å²) < 4.78 is 0. The largest absolute Gasteiger partial charge is 0.507 e. The van der Waals surface area contributed by atoms with E-state index in [1.54, 1.807) is 13.8 Å². The third-order valence-electron chi connectivity index (χ3n) is 4.17. The Balaban J connectivity index is 0.000000325. The van der Waals surface area contributed by atoms with Crippen LogP contribution in [-0.2, 0) is 12.8 Å². The Bertz CT molecular complexity index is 926. The Morgan fingerprint density at radius 1 is 0.633 bits per heavy atom. The van der Waals surface area contributed by atoms with Gasteiger partial charge < -0.3 is 30.6 Å². The number of carbonyl (C=O) groups is 4. The minimum Gasteiger partial charge on any atom is -0.507 e. The summed E-state index contributed by atoms with van der Waals surface area (Å²) in [5.74, 6) is -6.42. The minimum absolute atomic E-state index is 0.0744. The van der Waals surface area contributed by atoms with Crippen LogP contribution in [0.2, 0.25) is 0 Å². The standard InChI is InChI=1S/C12H14O6.C8H6O4/c1-3-5-7(11(15)16)10(14)6(4-2)8(9(5)13)12(17)18;9-7(10)5-3-1-2-4-6(5)8(11)12/h13-14H,3-4H2,1-2H3,(H,15,16)(H,17,18);1-4H,(H,9,10)(H,11,12). The van der Waals surface area contributed by atoms with Gasteiger partial charge in [-0.15, -0.1) is 0 Å². The molecule has 0 atom stereocenters. The molecule has 10 heteroatoms. The number of hydrogen-bond donors (Lipinski definition) is 6. The lowest BCUT2D eigenvalue weighted by atomic mass is 9.92. The van der Waals surface area contributed by atoms with E-state index in [1.807, 2.05) is 0 Å². The third-order valence-corrected chi connectivity index (χ3v) is 4.17. The van der Waals surface area contributed by atoms with Gasteiger partial charge in [0.25, 0.3) is 0 Å². The highest BCUT2D eigenvalue weighted by Crippen LogP contribution is 2.38. The highest BCUT2D eigenvalue weighted by Gasteiger charge is 2.28. The monoisotopic (exact) mass is 420 g/mol. The van der Waals surface area contributed by atoms with Gasteiger partial charge in [0, 0.05) is 11.1 Å². The van der Waals surface area contributed by atoms with Gasteiger partial charge in [-0.05, 0) is 25.0 Å². The first-order valence-corrected chi connectivity index (χ1v) is 8.61. The molecule has 2 rings (SSSR count). The van der Waals surface area contributed by atoms with Gasteiger partial charge in [-0.25, -0.2) is 19.2 Å². The fourth-order valence-electron chi connectivity index (χ4n) is 2.83. The minimum atomic E-state index is -1.40. The highest BCUT2D eigenvalue weighted by molar-refractivity contribution is 6.02. The molecule has 30 heavy (non-hydrogen) atoms. The van der Waals surface area contributed by atoms with Gasteiger partial charge in [0.15, 0.2) is 0 Å². The highest BCUT2D eigenvalue weighted by atomic mass is 16.4. The summed E-state index contributed by atoms with van der Waals surface area (Å²) in [4.78, 5) is 43.1. The van der Waals surface area contributed by atoms with Crippen molar-refractivity contribution in [1.82, 2.24) is 0 Å². The van der Waals surface area contributed by atoms with Gasteiger partial charge >= 0.3 is 23.9 Å². The van der Waals surface area contributed by atoms with Crippen LogP contribution in [0.25, 0.3) is 0 Å². The molecule has 2 aromatic rings. The van der Waals surface area contributed by atoms with Gasteiger partial charge in [-0.2, -0.15) is 0 Å². The molecule has 2 aromatic carbocycles. The molecule has 0 saturated heterocycles. The summed E-state index contributed by atoms with van der Waals surface area (Å²) in [6.07, 6.45) is 0.205. The lowest BCUT2D eigenvalue weighted by Crippen LogP contribution is -2.11. The molecule has 0 heterocycles.